The number of aliphatic hydroxyl groups excluding tert-OH is 2. The van der Waals surface area contributed by atoms with Gasteiger partial charge in [-0.05, 0) is 42.8 Å². The summed E-state index contributed by atoms with van der Waals surface area (Å²) in [5.41, 5.74) is 0.555. The predicted octanol–water partition coefficient (Wildman–Crippen LogP) is 2.02. The minimum atomic E-state index is -0.868. The third-order valence-corrected chi connectivity index (χ3v) is 4.18. The molecular weight excluding hydrogens is 339 g/mol. The van der Waals surface area contributed by atoms with E-state index in [1.54, 1.807) is 18.2 Å². The Bertz CT molecular complexity index is 850. The predicted molar refractivity (Wildman–Crippen MR) is 91.3 cm³/mol. The minimum absolute atomic E-state index is 0.0988. The van der Waals surface area contributed by atoms with E-state index in [4.69, 9.17) is 5.11 Å². The Morgan fingerprint density at radius 1 is 1.15 bits per heavy atom. The average Bonchev–Trinajstić information content (AvgIpc) is 2.91. The number of aromatic nitrogens is 1. The minimum Gasteiger partial charge on any atom is -0.507 e. The monoisotopic (exact) mass is 356 g/mol. The van der Waals surface area contributed by atoms with Crippen LogP contribution in [0, 0.1) is 5.82 Å². The van der Waals surface area contributed by atoms with Crippen LogP contribution in [0.15, 0.2) is 54.2 Å². The van der Waals surface area contributed by atoms with Crippen LogP contribution in [-0.2, 0) is 9.59 Å². The zero-order chi connectivity index (χ0) is 18.7. The summed E-state index contributed by atoms with van der Waals surface area (Å²) in [5.74, 6) is -2.46. The van der Waals surface area contributed by atoms with E-state index in [-0.39, 0.29) is 36.5 Å². The number of halogens is 1. The van der Waals surface area contributed by atoms with Gasteiger partial charge in [-0.3, -0.25) is 14.6 Å². The molecule has 2 aromatic rings. The molecule has 0 spiro atoms. The first kappa shape index (κ1) is 17.8. The van der Waals surface area contributed by atoms with Gasteiger partial charge in [-0.2, -0.15) is 0 Å². The topological polar surface area (TPSA) is 90.7 Å². The van der Waals surface area contributed by atoms with Crippen molar-refractivity contribution >= 4 is 17.4 Å². The summed E-state index contributed by atoms with van der Waals surface area (Å²) in [6.07, 6.45) is 1.81. The highest BCUT2D eigenvalue weighted by Gasteiger charge is 2.46. The molecule has 6 nitrogen and oxygen atoms in total. The molecule has 1 amide bonds. The number of nitrogens with zero attached hydrogens (tertiary/aromatic N) is 2. The number of rotatable bonds is 5. The number of carbonyl (C=O) groups excluding carboxylic acids is 2. The fourth-order valence-corrected chi connectivity index (χ4v) is 2.96. The molecule has 0 saturated carbocycles. The first-order valence-corrected chi connectivity index (χ1v) is 8.10. The fourth-order valence-electron chi connectivity index (χ4n) is 2.96. The Morgan fingerprint density at radius 2 is 1.88 bits per heavy atom. The summed E-state index contributed by atoms with van der Waals surface area (Å²) in [5, 5.41) is 19.7. The Hall–Kier alpha value is -3.06. The number of hydrogen-bond acceptors (Lipinski definition) is 5. The fraction of sp³-hybridized carbons (Fsp3) is 0.211. The second kappa shape index (κ2) is 7.45. The van der Waals surface area contributed by atoms with Crippen LogP contribution in [-0.4, -0.2) is 44.9 Å². The van der Waals surface area contributed by atoms with Gasteiger partial charge >= 0.3 is 0 Å². The average molecular weight is 356 g/mol. The third-order valence-electron chi connectivity index (χ3n) is 4.18. The van der Waals surface area contributed by atoms with E-state index >= 15 is 0 Å². The Morgan fingerprint density at radius 3 is 2.50 bits per heavy atom. The van der Waals surface area contributed by atoms with Gasteiger partial charge in [-0.15, -0.1) is 0 Å². The standard InChI is InChI=1S/C19H17FN2O4/c20-13-7-5-12(6-8-13)17(24)15-16(14-4-1-2-9-21-14)22(10-3-11-23)19(26)18(15)25/h1-2,4-9,16,23-24H,3,10-11H2/t16-/m0/s1. The second-order valence-corrected chi connectivity index (χ2v) is 5.83. The quantitative estimate of drug-likeness (QED) is 0.486. The van der Waals surface area contributed by atoms with E-state index in [2.05, 4.69) is 4.98 Å². The smallest absolute Gasteiger partial charge is 0.295 e. The lowest BCUT2D eigenvalue weighted by Gasteiger charge is -2.24. The molecule has 134 valence electrons. The number of pyridine rings is 1. The molecule has 0 radical (unpaired) electrons. The van der Waals surface area contributed by atoms with Crippen molar-refractivity contribution < 1.29 is 24.2 Å². The van der Waals surface area contributed by atoms with Crippen LogP contribution in [0.2, 0.25) is 0 Å². The van der Waals surface area contributed by atoms with Gasteiger partial charge in [0.05, 0.1) is 11.3 Å². The number of hydrogen-bond donors (Lipinski definition) is 2. The summed E-state index contributed by atoms with van der Waals surface area (Å²) in [4.78, 5) is 30.5. The second-order valence-electron chi connectivity index (χ2n) is 5.83. The largest absolute Gasteiger partial charge is 0.507 e. The molecule has 0 bridgehead atoms. The summed E-state index contributed by atoms with van der Waals surface area (Å²) < 4.78 is 13.1. The maximum atomic E-state index is 13.1. The van der Waals surface area contributed by atoms with Crippen LogP contribution in [0.3, 0.4) is 0 Å². The van der Waals surface area contributed by atoms with Gasteiger partial charge in [-0.1, -0.05) is 6.07 Å². The lowest BCUT2D eigenvalue weighted by atomic mass is 9.98. The first-order chi connectivity index (χ1) is 12.5. The van der Waals surface area contributed by atoms with Crippen molar-refractivity contribution in [1.82, 2.24) is 9.88 Å². The number of Topliss-reactive ketones (excluding diaryl/α,β-unsaturated/α-hetero) is 1. The van der Waals surface area contributed by atoms with E-state index in [9.17, 15) is 19.1 Å². The highest BCUT2D eigenvalue weighted by atomic mass is 19.1. The molecule has 1 aliphatic heterocycles. The van der Waals surface area contributed by atoms with Gasteiger partial charge in [0, 0.05) is 24.9 Å². The van der Waals surface area contributed by atoms with Gasteiger partial charge in [0.15, 0.2) is 0 Å². The molecule has 1 saturated heterocycles. The summed E-state index contributed by atoms with van der Waals surface area (Å²) >= 11 is 0. The molecule has 2 heterocycles. The van der Waals surface area contributed by atoms with E-state index in [1.807, 2.05) is 0 Å². The van der Waals surface area contributed by atoms with Crippen molar-refractivity contribution in [2.24, 2.45) is 0 Å². The van der Waals surface area contributed by atoms with E-state index < -0.39 is 23.5 Å². The highest BCUT2D eigenvalue weighted by Crippen LogP contribution is 2.38. The Kier molecular flexibility index (Phi) is 5.09. The Labute approximate surface area is 149 Å². The molecule has 1 aromatic carbocycles. The molecule has 0 aliphatic carbocycles. The van der Waals surface area contributed by atoms with Crippen molar-refractivity contribution in [2.75, 3.05) is 13.2 Å². The Balaban J connectivity index is 2.14. The van der Waals surface area contributed by atoms with E-state index in [0.717, 1.165) is 12.1 Å². The number of benzene rings is 1. The third kappa shape index (κ3) is 3.21. The van der Waals surface area contributed by atoms with Crippen molar-refractivity contribution in [3.05, 3.63) is 71.3 Å². The van der Waals surface area contributed by atoms with Gasteiger partial charge < -0.3 is 15.1 Å². The summed E-state index contributed by atoms with van der Waals surface area (Å²) in [7, 11) is 0. The number of ketones is 1. The van der Waals surface area contributed by atoms with Crippen molar-refractivity contribution in [3.63, 3.8) is 0 Å². The van der Waals surface area contributed by atoms with Gasteiger partial charge in [0.2, 0.25) is 0 Å². The number of carbonyl (C=O) groups is 2. The van der Waals surface area contributed by atoms with Crippen LogP contribution in [0.25, 0.3) is 5.76 Å². The number of likely N-dealkylation sites (tertiary alicyclic amines) is 1. The molecule has 1 fully saturated rings. The highest BCUT2D eigenvalue weighted by molar-refractivity contribution is 6.46. The van der Waals surface area contributed by atoms with Crippen molar-refractivity contribution in [2.45, 2.75) is 12.5 Å². The van der Waals surface area contributed by atoms with Crippen LogP contribution in [0.1, 0.15) is 23.7 Å². The van der Waals surface area contributed by atoms with Crippen LogP contribution in [0.5, 0.6) is 0 Å². The van der Waals surface area contributed by atoms with Gasteiger partial charge in [-0.25, -0.2) is 4.39 Å². The maximum absolute atomic E-state index is 13.1. The van der Waals surface area contributed by atoms with Crippen molar-refractivity contribution in [1.29, 1.82) is 0 Å². The number of aliphatic hydroxyl groups is 2. The van der Waals surface area contributed by atoms with Crippen LogP contribution >= 0.6 is 0 Å². The van der Waals surface area contributed by atoms with E-state index in [1.165, 1.54) is 23.2 Å². The van der Waals surface area contributed by atoms with Gasteiger partial charge in [0.1, 0.15) is 17.6 Å². The molecule has 3 rings (SSSR count). The normalized spacial score (nSPS) is 19.2. The molecule has 1 atom stereocenters. The lowest BCUT2D eigenvalue weighted by Crippen LogP contribution is -2.31. The van der Waals surface area contributed by atoms with Crippen molar-refractivity contribution in [3.8, 4) is 0 Å². The molecule has 1 aliphatic rings. The maximum Gasteiger partial charge on any atom is 0.295 e. The molecule has 26 heavy (non-hydrogen) atoms. The summed E-state index contributed by atoms with van der Waals surface area (Å²) in [6.45, 7) is -0.00157. The number of amides is 1. The molecular formula is C19H17FN2O4. The molecule has 0 unspecified atom stereocenters. The van der Waals surface area contributed by atoms with Crippen LogP contribution < -0.4 is 0 Å². The first-order valence-electron chi connectivity index (χ1n) is 8.10. The van der Waals surface area contributed by atoms with Gasteiger partial charge in [0.25, 0.3) is 11.7 Å². The summed E-state index contributed by atoms with van der Waals surface area (Å²) in [6, 6.07) is 9.19. The lowest BCUT2D eigenvalue weighted by molar-refractivity contribution is -0.140. The van der Waals surface area contributed by atoms with Crippen LogP contribution in [0.4, 0.5) is 4.39 Å². The molecule has 7 heteroatoms. The SMILES string of the molecule is O=C1C(=O)N(CCCO)[C@@H](c2ccccn2)C1=C(O)c1ccc(F)cc1. The molecule has 2 N–H and O–H groups in total. The zero-order valence-electron chi connectivity index (χ0n) is 13.8. The van der Waals surface area contributed by atoms with E-state index in [0.29, 0.717) is 5.69 Å². The molecule has 1 aromatic heterocycles. The zero-order valence-corrected chi connectivity index (χ0v) is 13.8.